The Kier molecular flexibility index (Phi) is 2.99. The lowest BCUT2D eigenvalue weighted by Gasteiger charge is -2.55. The Morgan fingerprint density at radius 3 is 2.20 bits per heavy atom. The average molecular weight is 272 g/mol. The molecule has 4 aliphatic rings. The SMILES string of the molecule is Cc1cc(CCN)c(C)n1C1C2CC3CC(C2)CC1C3. The van der Waals surface area contributed by atoms with Gasteiger partial charge in [-0.1, -0.05) is 0 Å². The molecular weight excluding hydrogens is 244 g/mol. The molecule has 2 N–H and O–H groups in total. The van der Waals surface area contributed by atoms with Crippen LogP contribution in [0.25, 0.3) is 0 Å². The van der Waals surface area contributed by atoms with E-state index in [4.69, 9.17) is 5.73 Å². The smallest absolute Gasteiger partial charge is 0.0392 e. The summed E-state index contributed by atoms with van der Waals surface area (Å²) in [6, 6.07) is 3.20. The van der Waals surface area contributed by atoms with Crippen LogP contribution in [0.5, 0.6) is 0 Å². The van der Waals surface area contributed by atoms with Gasteiger partial charge in [0.1, 0.15) is 0 Å². The number of aromatic nitrogens is 1. The van der Waals surface area contributed by atoms with Crippen molar-refractivity contribution in [3.05, 3.63) is 23.0 Å². The van der Waals surface area contributed by atoms with Gasteiger partial charge in [0.2, 0.25) is 0 Å². The molecule has 4 bridgehead atoms. The Morgan fingerprint density at radius 1 is 1.05 bits per heavy atom. The molecule has 0 saturated heterocycles. The third kappa shape index (κ3) is 1.80. The summed E-state index contributed by atoms with van der Waals surface area (Å²) < 4.78 is 2.71. The van der Waals surface area contributed by atoms with Gasteiger partial charge in [0, 0.05) is 17.4 Å². The molecule has 0 amide bonds. The van der Waals surface area contributed by atoms with Gasteiger partial charge >= 0.3 is 0 Å². The zero-order valence-corrected chi connectivity index (χ0v) is 12.9. The van der Waals surface area contributed by atoms with Gasteiger partial charge in [-0.25, -0.2) is 0 Å². The van der Waals surface area contributed by atoms with Crippen molar-refractivity contribution in [1.82, 2.24) is 4.57 Å². The van der Waals surface area contributed by atoms with E-state index in [2.05, 4.69) is 24.5 Å². The summed E-state index contributed by atoms with van der Waals surface area (Å²) in [5.41, 5.74) is 10.2. The molecule has 110 valence electrons. The third-order valence-electron chi connectivity index (χ3n) is 6.48. The fraction of sp³-hybridized carbons (Fsp3) is 0.778. The maximum absolute atomic E-state index is 5.77. The monoisotopic (exact) mass is 272 g/mol. The van der Waals surface area contributed by atoms with Crippen LogP contribution in [-0.2, 0) is 6.42 Å². The molecule has 1 heterocycles. The summed E-state index contributed by atoms with van der Waals surface area (Å²) >= 11 is 0. The van der Waals surface area contributed by atoms with Gasteiger partial charge in [-0.05, 0) is 94.2 Å². The van der Waals surface area contributed by atoms with E-state index in [9.17, 15) is 0 Å². The van der Waals surface area contributed by atoms with Crippen molar-refractivity contribution < 1.29 is 0 Å². The largest absolute Gasteiger partial charge is 0.345 e. The first-order valence-corrected chi connectivity index (χ1v) is 8.54. The lowest BCUT2D eigenvalue weighted by molar-refractivity contribution is -0.0303. The maximum Gasteiger partial charge on any atom is 0.0392 e. The number of nitrogens with two attached hydrogens (primary N) is 1. The van der Waals surface area contributed by atoms with Crippen molar-refractivity contribution in [3.63, 3.8) is 0 Å². The molecule has 5 rings (SSSR count). The maximum atomic E-state index is 5.77. The molecular formula is C18H28N2. The molecule has 1 aromatic rings. The molecule has 0 atom stereocenters. The highest BCUT2D eigenvalue weighted by molar-refractivity contribution is 5.28. The molecule has 0 aromatic carbocycles. The van der Waals surface area contributed by atoms with Gasteiger partial charge in [0.05, 0.1) is 0 Å². The molecule has 4 saturated carbocycles. The van der Waals surface area contributed by atoms with Crippen LogP contribution in [0.2, 0.25) is 0 Å². The molecule has 2 heteroatoms. The average Bonchev–Trinajstić information content (AvgIpc) is 2.66. The Bertz CT molecular complexity index is 486. The van der Waals surface area contributed by atoms with Crippen molar-refractivity contribution >= 4 is 0 Å². The summed E-state index contributed by atoms with van der Waals surface area (Å²) in [5, 5.41) is 0. The number of hydrogen-bond acceptors (Lipinski definition) is 1. The number of rotatable bonds is 3. The molecule has 0 spiro atoms. The van der Waals surface area contributed by atoms with Gasteiger partial charge in [-0.2, -0.15) is 0 Å². The fourth-order valence-electron chi connectivity index (χ4n) is 6.03. The summed E-state index contributed by atoms with van der Waals surface area (Å²) in [7, 11) is 0. The molecule has 0 unspecified atom stereocenters. The standard InChI is InChI=1S/C18H28N2/c1-11-5-15(3-4-19)12(2)20(11)18-16-7-13-6-14(9-16)10-17(18)8-13/h5,13-14,16-18H,3-4,6-10,19H2,1-2H3. The second-order valence-electron chi connectivity index (χ2n) is 7.73. The molecule has 4 aliphatic carbocycles. The molecule has 2 nitrogen and oxygen atoms in total. The lowest BCUT2D eigenvalue weighted by atomic mass is 9.54. The van der Waals surface area contributed by atoms with Gasteiger partial charge < -0.3 is 10.3 Å². The summed E-state index contributed by atoms with van der Waals surface area (Å²) in [5.74, 6) is 4.05. The normalized spacial score (nSPS) is 38.6. The minimum Gasteiger partial charge on any atom is -0.345 e. The highest BCUT2D eigenvalue weighted by Gasteiger charge is 2.49. The first-order chi connectivity index (χ1) is 9.67. The summed E-state index contributed by atoms with van der Waals surface area (Å²) in [6.45, 7) is 5.40. The lowest BCUT2D eigenvalue weighted by Crippen LogP contribution is -2.46. The minimum absolute atomic E-state index is 0.770. The van der Waals surface area contributed by atoms with E-state index in [0.29, 0.717) is 0 Å². The van der Waals surface area contributed by atoms with Gasteiger partial charge in [0.15, 0.2) is 0 Å². The molecule has 1 aromatic heterocycles. The van der Waals surface area contributed by atoms with Crippen LogP contribution < -0.4 is 5.73 Å². The van der Waals surface area contributed by atoms with Gasteiger partial charge in [0.25, 0.3) is 0 Å². The predicted molar refractivity (Wildman–Crippen MR) is 82.7 cm³/mol. The molecule has 0 radical (unpaired) electrons. The minimum atomic E-state index is 0.770. The Hall–Kier alpha value is -0.760. The van der Waals surface area contributed by atoms with Gasteiger partial charge in [-0.15, -0.1) is 0 Å². The van der Waals surface area contributed by atoms with Crippen LogP contribution in [0, 0.1) is 37.5 Å². The fourth-order valence-corrected chi connectivity index (χ4v) is 6.03. The van der Waals surface area contributed by atoms with Crippen molar-refractivity contribution in [2.75, 3.05) is 6.54 Å². The van der Waals surface area contributed by atoms with E-state index in [1.54, 1.807) is 6.42 Å². The molecule has 4 fully saturated rings. The number of aryl methyl sites for hydroxylation is 1. The van der Waals surface area contributed by atoms with Crippen molar-refractivity contribution in [2.45, 2.75) is 58.4 Å². The van der Waals surface area contributed by atoms with Crippen LogP contribution in [0.4, 0.5) is 0 Å². The van der Waals surface area contributed by atoms with E-state index in [1.807, 2.05) is 0 Å². The van der Waals surface area contributed by atoms with E-state index >= 15 is 0 Å². The first kappa shape index (κ1) is 12.9. The number of nitrogens with zero attached hydrogens (tertiary/aromatic N) is 1. The quantitative estimate of drug-likeness (QED) is 0.895. The van der Waals surface area contributed by atoms with Crippen LogP contribution in [0.3, 0.4) is 0 Å². The van der Waals surface area contributed by atoms with Crippen LogP contribution in [0.15, 0.2) is 6.07 Å². The topological polar surface area (TPSA) is 30.9 Å². The highest BCUT2D eigenvalue weighted by Crippen LogP contribution is 2.58. The van der Waals surface area contributed by atoms with E-state index in [-0.39, 0.29) is 0 Å². The van der Waals surface area contributed by atoms with Crippen molar-refractivity contribution in [1.29, 1.82) is 0 Å². The van der Waals surface area contributed by atoms with Gasteiger partial charge in [-0.3, -0.25) is 0 Å². The third-order valence-corrected chi connectivity index (χ3v) is 6.48. The van der Waals surface area contributed by atoms with Crippen LogP contribution in [0.1, 0.15) is 55.1 Å². The molecule has 20 heavy (non-hydrogen) atoms. The Morgan fingerprint density at radius 2 is 1.65 bits per heavy atom. The van der Waals surface area contributed by atoms with E-state index in [0.717, 1.165) is 42.7 Å². The van der Waals surface area contributed by atoms with Crippen LogP contribution >= 0.6 is 0 Å². The van der Waals surface area contributed by atoms with Crippen molar-refractivity contribution in [3.8, 4) is 0 Å². The second kappa shape index (κ2) is 4.62. The van der Waals surface area contributed by atoms with Crippen molar-refractivity contribution in [2.24, 2.45) is 29.4 Å². The zero-order valence-electron chi connectivity index (χ0n) is 12.9. The Labute approximate surface area is 122 Å². The predicted octanol–water partition coefficient (Wildman–Crippen LogP) is 3.60. The molecule has 0 aliphatic heterocycles. The van der Waals surface area contributed by atoms with E-state index in [1.165, 1.54) is 42.6 Å². The highest BCUT2D eigenvalue weighted by atomic mass is 15.1. The van der Waals surface area contributed by atoms with Crippen LogP contribution in [-0.4, -0.2) is 11.1 Å². The first-order valence-electron chi connectivity index (χ1n) is 8.54. The Balaban J connectivity index is 1.71. The summed E-state index contributed by atoms with van der Waals surface area (Å²) in [6.07, 6.45) is 8.58. The second-order valence-corrected chi connectivity index (χ2v) is 7.73. The van der Waals surface area contributed by atoms with E-state index < -0.39 is 0 Å². The number of hydrogen-bond donors (Lipinski definition) is 1. The summed E-state index contributed by atoms with van der Waals surface area (Å²) in [4.78, 5) is 0. The zero-order chi connectivity index (χ0) is 13.9.